The van der Waals surface area contributed by atoms with Crippen molar-refractivity contribution in [2.75, 3.05) is 26.0 Å². The van der Waals surface area contributed by atoms with E-state index >= 15 is 0 Å². The smallest absolute Gasteiger partial charge is 0.241 e. The first kappa shape index (κ1) is 11.5. The highest BCUT2D eigenvalue weighted by atomic mass is 32.1. The van der Waals surface area contributed by atoms with E-state index in [1.165, 1.54) is 16.4 Å². The number of nitrogens with zero attached hydrogens (tertiary/aromatic N) is 3. The second-order valence-corrected chi connectivity index (χ2v) is 4.00. The maximum Gasteiger partial charge on any atom is 0.241 e. The molecule has 5 nitrogen and oxygen atoms in total. The zero-order valence-electron chi connectivity index (χ0n) is 8.87. The van der Waals surface area contributed by atoms with Crippen molar-refractivity contribution in [3.8, 4) is 6.07 Å². The van der Waals surface area contributed by atoms with Gasteiger partial charge in [-0.3, -0.25) is 4.79 Å². The molecule has 6 heteroatoms. The van der Waals surface area contributed by atoms with Gasteiger partial charge in [0.1, 0.15) is 16.6 Å². The summed E-state index contributed by atoms with van der Waals surface area (Å²) in [6.07, 6.45) is 0. The molecule has 0 aromatic carbocycles. The summed E-state index contributed by atoms with van der Waals surface area (Å²) in [6, 6.07) is 2.06. The summed E-state index contributed by atoms with van der Waals surface area (Å²) >= 11 is 1.20. The molecule has 0 atom stereocenters. The van der Waals surface area contributed by atoms with Crippen molar-refractivity contribution in [1.29, 1.82) is 5.26 Å². The maximum atomic E-state index is 11.3. The Bertz CT molecular complexity index is 405. The van der Waals surface area contributed by atoms with Crippen LogP contribution in [-0.2, 0) is 4.79 Å². The van der Waals surface area contributed by atoms with E-state index in [1.807, 2.05) is 0 Å². The molecule has 0 fully saturated rings. The normalized spacial score (nSPS) is 9.47. The number of aryl methyl sites for hydroxylation is 1. The lowest BCUT2D eigenvalue weighted by atomic mass is 10.3. The molecule has 0 saturated carbocycles. The van der Waals surface area contributed by atoms with Crippen LogP contribution in [0.5, 0.6) is 0 Å². The standard InChI is InChI=1S/C9H12N4OS/c1-6-7(4-10)9(15-12-6)11-5-8(14)13(2)3/h11H,5H2,1-3H3. The fourth-order valence-corrected chi connectivity index (χ4v) is 1.68. The first-order valence-corrected chi connectivity index (χ1v) is 5.14. The summed E-state index contributed by atoms with van der Waals surface area (Å²) < 4.78 is 4.04. The molecule has 0 aliphatic rings. The Kier molecular flexibility index (Phi) is 3.63. The zero-order valence-corrected chi connectivity index (χ0v) is 9.68. The Morgan fingerprint density at radius 1 is 1.67 bits per heavy atom. The number of amides is 1. The lowest BCUT2D eigenvalue weighted by Gasteiger charge is -2.10. The number of hydrogen-bond acceptors (Lipinski definition) is 5. The van der Waals surface area contributed by atoms with Gasteiger partial charge < -0.3 is 10.2 Å². The SMILES string of the molecule is Cc1nsc(NCC(=O)N(C)C)c1C#N. The number of aromatic nitrogens is 1. The van der Waals surface area contributed by atoms with E-state index in [0.29, 0.717) is 16.3 Å². The molecule has 0 unspecified atom stereocenters. The fourth-order valence-electron chi connectivity index (χ4n) is 0.936. The van der Waals surface area contributed by atoms with Crippen molar-refractivity contribution in [2.24, 2.45) is 0 Å². The van der Waals surface area contributed by atoms with Gasteiger partial charge in [0, 0.05) is 14.1 Å². The molecule has 1 amide bonds. The number of hydrogen-bond donors (Lipinski definition) is 1. The van der Waals surface area contributed by atoms with E-state index < -0.39 is 0 Å². The largest absolute Gasteiger partial charge is 0.366 e. The summed E-state index contributed by atoms with van der Waals surface area (Å²) in [5.74, 6) is -0.0371. The average molecular weight is 224 g/mol. The molecule has 0 radical (unpaired) electrons. The summed E-state index contributed by atoms with van der Waals surface area (Å²) in [5.41, 5.74) is 1.22. The van der Waals surface area contributed by atoms with Gasteiger partial charge in [-0.15, -0.1) is 0 Å². The molecule has 0 spiro atoms. The van der Waals surface area contributed by atoms with Crippen LogP contribution in [0, 0.1) is 18.3 Å². The van der Waals surface area contributed by atoms with Gasteiger partial charge in [-0.05, 0) is 18.5 Å². The van der Waals surface area contributed by atoms with Gasteiger partial charge in [0.25, 0.3) is 0 Å². The minimum Gasteiger partial charge on any atom is -0.366 e. The first-order chi connectivity index (χ1) is 7.06. The molecule has 0 saturated heterocycles. The minimum absolute atomic E-state index is 0.0371. The maximum absolute atomic E-state index is 11.3. The first-order valence-electron chi connectivity index (χ1n) is 4.36. The second-order valence-electron chi connectivity index (χ2n) is 3.23. The number of carbonyl (C=O) groups excluding carboxylic acids is 1. The molecule has 15 heavy (non-hydrogen) atoms. The molecule has 0 aliphatic carbocycles. The number of nitrogens with one attached hydrogen (secondary N) is 1. The molecule has 1 heterocycles. The van der Waals surface area contributed by atoms with Crippen molar-refractivity contribution in [1.82, 2.24) is 9.27 Å². The second kappa shape index (κ2) is 4.75. The summed E-state index contributed by atoms with van der Waals surface area (Å²) in [4.78, 5) is 12.8. The molecule has 80 valence electrons. The molecule has 1 rings (SSSR count). The van der Waals surface area contributed by atoms with Crippen LogP contribution in [0.1, 0.15) is 11.3 Å². The molecule has 1 N–H and O–H groups in total. The zero-order chi connectivity index (χ0) is 11.4. The molecule has 1 aromatic heterocycles. The lowest BCUT2D eigenvalue weighted by Crippen LogP contribution is -2.28. The van der Waals surface area contributed by atoms with Gasteiger partial charge in [-0.2, -0.15) is 9.64 Å². The molecular weight excluding hydrogens is 212 g/mol. The van der Waals surface area contributed by atoms with Crippen LogP contribution in [0.25, 0.3) is 0 Å². The topological polar surface area (TPSA) is 69.0 Å². The van der Waals surface area contributed by atoms with E-state index in [0.717, 1.165) is 0 Å². The Morgan fingerprint density at radius 3 is 2.87 bits per heavy atom. The van der Waals surface area contributed by atoms with Crippen LogP contribution < -0.4 is 5.32 Å². The highest BCUT2D eigenvalue weighted by Crippen LogP contribution is 2.22. The Balaban J connectivity index is 2.67. The van der Waals surface area contributed by atoms with Crippen molar-refractivity contribution >= 4 is 22.4 Å². The van der Waals surface area contributed by atoms with Crippen molar-refractivity contribution in [2.45, 2.75) is 6.92 Å². The third-order valence-corrected chi connectivity index (χ3v) is 2.77. The summed E-state index contributed by atoms with van der Waals surface area (Å²) in [7, 11) is 3.38. The Labute approximate surface area is 92.5 Å². The Morgan fingerprint density at radius 2 is 2.33 bits per heavy atom. The third-order valence-electron chi connectivity index (χ3n) is 1.87. The number of anilines is 1. The predicted molar refractivity (Wildman–Crippen MR) is 58.7 cm³/mol. The van der Waals surface area contributed by atoms with Gasteiger partial charge in [0.05, 0.1) is 12.2 Å². The van der Waals surface area contributed by atoms with E-state index in [-0.39, 0.29) is 12.5 Å². The highest BCUT2D eigenvalue weighted by molar-refractivity contribution is 7.10. The van der Waals surface area contributed by atoms with Crippen LogP contribution in [0.15, 0.2) is 0 Å². The number of nitriles is 1. The molecular formula is C9H12N4OS. The van der Waals surface area contributed by atoms with E-state index in [1.54, 1.807) is 21.0 Å². The van der Waals surface area contributed by atoms with E-state index in [9.17, 15) is 4.79 Å². The van der Waals surface area contributed by atoms with Crippen molar-refractivity contribution < 1.29 is 4.79 Å². The van der Waals surface area contributed by atoms with Gasteiger partial charge in [0.15, 0.2) is 0 Å². The van der Waals surface area contributed by atoms with Gasteiger partial charge in [-0.1, -0.05) is 0 Å². The lowest BCUT2D eigenvalue weighted by molar-refractivity contribution is -0.126. The number of rotatable bonds is 3. The predicted octanol–water partition coefficient (Wildman–Crippen LogP) is 0.823. The van der Waals surface area contributed by atoms with E-state index in [4.69, 9.17) is 5.26 Å². The van der Waals surface area contributed by atoms with Crippen LogP contribution in [-0.4, -0.2) is 35.8 Å². The quantitative estimate of drug-likeness (QED) is 0.825. The minimum atomic E-state index is -0.0371. The van der Waals surface area contributed by atoms with Gasteiger partial charge >= 0.3 is 0 Å². The van der Waals surface area contributed by atoms with Gasteiger partial charge in [0.2, 0.25) is 5.91 Å². The van der Waals surface area contributed by atoms with Crippen LogP contribution >= 0.6 is 11.5 Å². The van der Waals surface area contributed by atoms with Crippen LogP contribution in [0.3, 0.4) is 0 Å². The number of likely N-dealkylation sites (N-methyl/N-ethyl adjacent to an activating group) is 1. The van der Waals surface area contributed by atoms with Gasteiger partial charge in [-0.25, -0.2) is 0 Å². The third kappa shape index (κ3) is 2.67. The molecule has 1 aromatic rings. The molecule has 0 bridgehead atoms. The van der Waals surface area contributed by atoms with Crippen LogP contribution in [0.4, 0.5) is 5.00 Å². The summed E-state index contributed by atoms with van der Waals surface area (Å²) in [5, 5.41) is 12.4. The highest BCUT2D eigenvalue weighted by Gasteiger charge is 2.11. The van der Waals surface area contributed by atoms with Crippen molar-refractivity contribution in [3.63, 3.8) is 0 Å². The average Bonchev–Trinajstić information content (AvgIpc) is 2.55. The summed E-state index contributed by atoms with van der Waals surface area (Å²) in [6.45, 7) is 1.96. The Hall–Kier alpha value is -1.61. The van der Waals surface area contributed by atoms with Crippen molar-refractivity contribution in [3.05, 3.63) is 11.3 Å². The molecule has 0 aliphatic heterocycles. The van der Waals surface area contributed by atoms with Crippen LogP contribution in [0.2, 0.25) is 0 Å². The monoisotopic (exact) mass is 224 g/mol. The van der Waals surface area contributed by atoms with E-state index in [2.05, 4.69) is 15.8 Å². The number of carbonyl (C=O) groups is 1. The fraction of sp³-hybridized carbons (Fsp3) is 0.444.